The first kappa shape index (κ1) is 12.9. The van der Waals surface area contributed by atoms with Gasteiger partial charge in [-0.3, -0.25) is 9.59 Å². The number of hydrogen-bond acceptors (Lipinski definition) is 3. The lowest BCUT2D eigenvalue weighted by Crippen LogP contribution is -2.21. The van der Waals surface area contributed by atoms with Crippen molar-refractivity contribution in [2.45, 2.75) is 52.1 Å². The van der Waals surface area contributed by atoms with Gasteiger partial charge in [0.1, 0.15) is 6.10 Å². The van der Waals surface area contributed by atoms with Crippen molar-refractivity contribution >= 4 is 11.9 Å². The summed E-state index contributed by atoms with van der Waals surface area (Å²) in [5.74, 6) is -1.22. The maximum Gasteiger partial charge on any atom is 0.307 e. The van der Waals surface area contributed by atoms with E-state index in [-0.39, 0.29) is 12.4 Å². The SMILES string of the molecule is CCCC(=O)OC(CCC)CC(=O)O. The summed E-state index contributed by atoms with van der Waals surface area (Å²) in [6, 6.07) is 0. The highest BCUT2D eigenvalue weighted by atomic mass is 16.5. The monoisotopic (exact) mass is 202 g/mol. The van der Waals surface area contributed by atoms with Gasteiger partial charge in [-0.2, -0.15) is 0 Å². The standard InChI is InChI=1S/C10H18O4/c1-3-5-8(7-9(11)12)14-10(13)6-4-2/h8H,3-7H2,1-2H3,(H,11,12). The Morgan fingerprint density at radius 1 is 1.29 bits per heavy atom. The second-order valence-corrected chi connectivity index (χ2v) is 3.25. The van der Waals surface area contributed by atoms with E-state index >= 15 is 0 Å². The lowest BCUT2D eigenvalue weighted by molar-refractivity contribution is -0.153. The van der Waals surface area contributed by atoms with E-state index in [4.69, 9.17) is 9.84 Å². The molecule has 4 nitrogen and oxygen atoms in total. The van der Waals surface area contributed by atoms with E-state index in [0.29, 0.717) is 12.8 Å². The van der Waals surface area contributed by atoms with Gasteiger partial charge in [0.05, 0.1) is 6.42 Å². The second kappa shape index (κ2) is 7.35. The van der Waals surface area contributed by atoms with Crippen molar-refractivity contribution in [2.24, 2.45) is 0 Å². The van der Waals surface area contributed by atoms with Crippen LogP contribution in [0.5, 0.6) is 0 Å². The average Bonchev–Trinajstić information content (AvgIpc) is 2.03. The molecular weight excluding hydrogens is 184 g/mol. The van der Waals surface area contributed by atoms with Gasteiger partial charge in [-0.15, -0.1) is 0 Å². The molecule has 1 N–H and O–H groups in total. The first-order chi connectivity index (χ1) is 6.60. The molecule has 0 aliphatic carbocycles. The maximum atomic E-state index is 11.1. The number of aliphatic carboxylic acids is 1. The number of carbonyl (C=O) groups is 2. The van der Waals surface area contributed by atoms with E-state index in [1.807, 2.05) is 13.8 Å². The number of ether oxygens (including phenoxy) is 1. The fourth-order valence-corrected chi connectivity index (χ4v) is 1.17. The highest BCUT2D eigenvalue weighted by Crippen LogP contribution is 2.08. The lowest BCUT2D eigenvalue weighted by atomic mass is 10.1. The summed E-state index contributed by atoms with van der Waals surface area (Å²) in [4.78, 5) is 21.5. The number of carbonyl (C=O) groups excluding carboxylic acids is 1. The predicted molar refractivity (Wildman–Crippen MR) is 51.9 cm³/mol. The van der Waals surface area contributed by atoms with Gasteiger partial charge in [0, 0.05) is 6.42 Å². The number of carboxylic acids is 1. The van der Waals surface area contributed by atoms with Crippen LogP contribution in [0.25, 0.3) is 0 Å². The van der Waals surface area contributed by atoms with Gasteiger partial charge in [-0.05, 0) is 12.8 Å². The normalized spacial score (nSPS) is 12.1. The van der Waals surface area contributed by atoms with Crippen molar-refractivity contribution in [1.82, 2.24) is 0 Å². The summed E-state index contributed by atoms with van der Waals surface area (Å²) in [7, 11) is 0. The number of esters is 1. The second-order valence-electron chi connectivity index (χ2n) is 3.25. The van der Waals surface area contributed by atoms with Crippen LogP contribution in [0.15, 0.2) is 0 Å². The third-order valence-corrected chi connectivity index (χ3v) is 1.77. The quantitative estimate of drug-likeness (QED) is 0.641. The molecule has 1 unspecified atom stereocenters. The Balaban J connectivity index is 3.94. The van der Waals surface area contributed by atoms with Crippen LogP contribution < -0.4 is 0 Å². The van der Waals surface area contributed by atoms with Gasteiger partial charge in [-0.25, -0.2) is 0 Å². The highest BCUT2D eigenvalue weighted by Gasteiger charge is 2.16. The smallest absolute Gasteiger partial charge is 0.307 e. The first-order valence-corrected chi connectivity index (χ1v) is 5.01. The van der Waals surface area contributed by atoms with Crippen molar-refractivity contribution < 1.29 is 19.4 Å². The Bertz CT molecular complexity index is 189. The Kier molecular flexibility index (Phi) is 6.80. The van der Waals surface area contributed by atoms with Crippen LogP contribution in [0.3, 0.4) is 0 Å². The van der Waals surface area contributed by atoms with Crippen LogP contribution in [0.2, 0.25) is 0 Å². The Morgan fingerprint density at radius 3 is 2.36 bits per heavy atom. The van der Waals surface area contributed by atoms with E-state index in [2.05, 4.69) is 0 Å². The Labute approximate surface area is 84.3 Å². The molecule has 4 heteroatoms. The minimum absolute atomic E-state index is 0.0940. The molecule has 0 aromatic rings. The molecule has 0 bridgehead atoms. The molecule has 0 spiro atoms. The van der Waals surface area contributed by atoms with Crippen LogP contribution >= 0.6 is 0 Å². The zero-order chi connectivity index (χ0) is 11.0. The van der Waals surface area contributed by atoms with Crippen LogP contribution in [0.4, 0.5) is 0 Å². The summed E-state index contributed by atoms with van der Waals surface area (Å²) in [5.41, 5.74) is 0. The van der Waals surface area contributed by atoms with Crippen molar-refractivity contribution in [2.75, 3.05) is 0 Å². The fourth-order valence-electron chi connectivity index (χ4n) is 1.17. The summed E-state index contributed by atoms with van der Waals surface area (Å²) in [6.07, 6.45) is 1.96. The molecule has 0 fully saturated rings. The van der Waals surface area contributed by atoms with E-state index < -0.39 is 12.1 Å². The molecular formula is C10H18O4. The molecule has 0 amide bonds. The molecule has 14 heavy (non-hydrogen) atoms. The van der Waals surface area contributed by atoms with Crippen LogP contribution in [0, 0.1) is 0 Å². The molecule has 0 radical (unpaired) electrons. The zero-order valence-corrected chi connectivity index (χ0v) is 8.78. The van der Waals surface area contributed by atoms with Crippen molar-refractivity contribution in [3.05, 3.63) is 0 Å². The molecule has 0 aromatic heterocycles. The molecule has 0 heterocycles. The van der Waals surface area contributed by atoms with Gasteiger partial charge >= 0.3 is 11.9 Å². The number of hydrogen-bond donors (Lipinski definition) is 1. The molecule has 0 aromatic carbocycles. The van der Waals surface area contributed by atoms with Crippen molar-refractivity contribution in [3.8, 4) is 0 Å². The van der Waals surface area contributed by atoms with E-state index in [1.54, 1.807) is 0 Å². The molecule has 0 rings (SSSR count). The molecule has 0 aliphatic rings. The summed E-state index contributed by atoms with van der Waals surface area (Å²) >= 11 is 0. The van der Waals surface area contributed by atoms with Gasteiger partial charge in [0.25, 0.3) is 0 Å². The largest absolute Gasteiger partial charge is 0.481 e. The third kappa shape index (κ3) is 6.46. The zero-order valence-electron chi connectivity index (χ0n) is 8.78. The van der Waals surface area contributed by atoms with E-state index in [1.165, 1.54) is 0 Å². The predicted octanol–water partition coefficient (Wildman–Crippen LogP) is 1.97. The molecule has 0 saturated heterocycles. The van der Waals surface area contributed by atoms with Crippen molar-refractivity contribution in [3.63, 3.8) is 0 Å². The van der Waals surface area contributed by atoms with Crippen LogP contribution in [0.1, 0.15) is 46.0 Å². The number of carboxylic acid groups (broad SMARTS) is 1. The minimum atomic E-state index is -0.923. The maximum absolute atomic E-state index is 11.1. The molecule has 82 valence electrons. The first-order valence-electron chi connectivity index (χ1n) is 5.01. The molecule has 0 aliphatic heterocycles. The van der Waals surface area contributed by atoms with E-state index in [0.717, 1.165) is 12.8 Å². The summed E-state index contributed by atoms with van der Waals surface area (Å²) < 4.78 is 5.02. The van der Waals surface area contributed by atoms with Crippen molar-refractivity contribution in [1.29, 1.82) is 0 Å². The highest BCUT2D eigenvalue weighted by molar-refractivity contribution is 5.71. The van der Waals surface area contributed by atoms with Crippen LogP contribution in [-0.2, 0) is 14.3 Å². The summed E-state index contributed by atoms with van der Waals surface area (Å²) in [5, 5.41) is 8.56. The van der Waals surface area contributed by atoms with Gasteiger partial charge in [0.2, 0.25) is 0 Å². The van der Waals surface area contributed by atoms with Crippen LogP contribution in [-0.4, -0.2) is 23.1 Å². The third-order valence-electron chi connectivity index (χ3n) is 1.77. The topological polar surface area (TPSA) is 63.6 Å². The lowest BCUT2D eigenvalue weighted by Gasteiger charge is -2.14. The van der Waals surface area contributed by atoms with Gasteiger partial charge in [-0.1, -0.05) is 20.3 Å². The van der Waals surface area contributed by atoms with Gasteiger partial charge in [0.15, 0.2) is 0 Å². The fraction of sp³-hybridized carbons (Fsp3) is 0.800. The summed E-state index contributed by atoms with van der Waals surface area (Å²) in [6.45, 7) is 3.82. The minimum Gasteiger partial charge on any atom is -0.481 e. The van der Waals surface area contributed by atoms with E-state index in [9.17, 15) is 9.59 Å². The Hall–Kier alpha value is -1.06. The average molecular weight is 202 g/mol. The molecule has 1 atom stereocenters. The molecule has 0 saturated carbocycles. The van der Waals surface area contributed by atoms with Gasteiger partial charge < -0.3 is 9.84 Å². The Morgan fingerprint density at radius 2 is 1.93 bits per heavy atom. The number of rotatable bonds is 7.